The molecule has 0 unspecified atom stereocenters. The smallest absolute Gasteiger partial charge is 0.456 e. The second kappa shape index (κ2) is 25.1. The molecule has 2 aromatic heterocycles. The van der Waals surface area contributed by atoms with E-state index >= 15 is 0 Å². The van der Waals surface area contributed by atoms with E-state index in [1.54, 1.807) is 24.3 Å². The van der Waals surface area contributed by atoms with E-state index in [2.05, 4.69) is 41.2 Å². The van der Waals surface area contributed by atoms with Crippen molar-refractivity contribution in [2.45, 2.75) is 32.3 Å². The molecule has 8 nitrogen and oxygen atoms in total. The maximum absolute atomic E-state index is 14.4. The minimum absolute atomic E-state index is 0.325. The van der Waals surface area contributed by atoms with Crippen molar-refractivity contribution in [3.8, 4) is 22.6 Å². The highest BCUT2D eigenvalue weighted by Gasteiger charge is 2.21. The van der Waals surface area contributed by atoms with Gasteiger partial charge in [0.1, 0.15) is 34.3 Å². The van der Waals surface area contributed by atoms with Crippen LogP contribution in [0.4, 0.5) is 8.78 Å². The van der Waals surface area contributed by atoms with Gasteiger partial charge in [-0.05, 0) is 90.7 Å². The summed E-state index contributed by atoms with van der Waals surface area (Å²) in [6.07, 6.45) is 0.785. The zero-order chi connectivity index (χ0) is 46.8. The number of benzene rings is 6. The Morgan fingerprint density at radius 2 is 0.909 bits per heavy atom. The van der Waals surface area contributed by atoms with Crippen LogP contribution in [-0.4, -0.2) is 49.4 Å². The van der Waals surface area contributed by atoms with Crippen LogP contribution in [-0.2, 0) is 18.9 Å². The van der Waals surface area contributed by atoms with E-state index in [9.17, 15) is 8.78 Å². The lowest BCUT2D eigenvalue weighted by molar-refractivity contribution is -0.183. The van der Waals surface area contributed by atoms with Gasteiger partial charge in [-0.25, -0.2) is 8.78 Å². The lowest BCUT2D eigenvalue weighted by Crippen LogP contribution is -2.17. The van der Waals surface area contributed by atoms with Gasteiger partial charge in [-0.3, -0.25) is 0 Å². The molecule has 66 heavy (non-hydrogen) atoms. The van der Waals surface area contributed by atoms with Crippen LogP contribution in [0.5, 0.6) is 0 Å². The van der Waals surface area contributed by atoms with Gasteiger partial charge in [0.2, 0.25) is 0 Å². The van der Waals surface area contributed by atoms with E-state index in [-0.39, 0.29) is 11.6 Å². The van der Waals surface area contributed by atoms with Crippen molar-refractivity contribution < 1.29 is 46.6 Å². The number of alkyl halides is 1. The summed E-state index contributed by atoms with van der Waals surface area (Å²) in [5.41, 5.74) is 7.18. The van der Waals surface area contributed by atoms with Gasteiger partial charge in [-0.2, -0.15) is 0 Å². The number of hydrogen-bond acceptors (Lipinski definition) is 8. The maximum Gasteiger partial charge on any atom is 0.488 e. The molecule has 2 saturated heterocycles. The topological polar surface area (TPSA) is 104 Å². The summed E-state index contributed by atoms with van der Waals surface area (Å²) < 4.78 is 62.3. The lowest BCUT2D eigenvalue weighted by atomic mass is 9.76. The Labute approximate surface area is 393 Å². The van der Waals surface area contributed by atoms with Crippen molar-refractivity contribution >= 4 is 56.0 Å². The van der Waals surface area contributed by atoms with Crippen molar-refractivity contribution in [1.29, 1.82) is 0 Å². The Morgan fingerprint density at radius 1 is 0.530 bits per heavy atom. The number of allylic oxidation sites excluding steroid dienone is 1. The summed E-state index contributed by atoms with van der Waals surface area (Å²) in [4.78, 5) is 0. The molecule has 0 amide bonds. The molecule has 0 aliphatic carbocycles. The Balaban J connectivity index is 0.000000153. The van der Waals surface area contributed by atoms with Crippen LogP contribution in [0.25, 0.3) is 55.6 Å². The van der Waals surface area contributed by atoms with Gasteiger partial charge in [0, 0.05) is 21.9 Å². The Hall–Kier alpha value is -5.96. The van der Waals surface area contributed by atoms with Crippen LogP contribution in [0, 0.1) is 11.6 Å². The molecule has 2 aliphatic rings. The molecule has 8 aromatic rings. The molecule has 4 heterocycles. The Morgan fingerprint density at radius 3 is 1.26 bits per heavy atom. The van der Waals surface area contributed by atoms with E-state index in [0.29, 0.717) is 65.7 Å². The van der Waals surface area contributed by atoms with Crippen molar-refractivity contribution in [2.75, 3.05) is 32.3 Å². The van der Waals surface area contributed by atoms with Crippen molar-refractivity contribution in [3.63, 3.8) is 0 Å². The van der Waals surface area contributed by atoms with E-state index in [0.717, 1.165) is 45.9 Å². The minimum atomic E-state index is -1.46. The second-order valence-electron chi connectivity index (χ2n) is 15.0. The molecule has 0 atom stereocenters. The maximum atomic E-state index is 14.4. The van der Waals surface area contributed by atoms with Crippen molar-refractivity contribution in [3.05, 3.63) is 205 Å². The molecule has 0 radical (unpaired) electrons. The van der Waals surface area contributed by atoms with Gasteiger partial charge in [0.25, 0.3) is 0 Å². The standard InChI is InChI=1S/2C18H15FO3.C9H10.C8H9BO2.CH3Br/c2*19-15-10-13(18-20-8-3-9-21-18)6-7-14(15)17-11-12-4-1-2-5-16(12)22-17;1-8(2)9-6-4-3-5-7-9;1-7(9(10)11)8-5-3-2-4-6-8;1-2/h2*1-2,4-7,10-11,18H,3,8-9H2;3-7H,1H2,2H3;2-6,10-11H,1H2;1H3. The summed E-state index contributed by atoms with van der Waals surface area (Å²) in [7, 11) is -1.46. The molecule has 12 heteroatoms. The molecule has 6 aromatic carbocycles. The highest BCUT2D eigenvalue weighted by Crippen LogP contribution is 2.34. The molecule has 0 spiro atoms. The van der Waals surface area contributed by atoms with Crippen LogP contribution < -0.4 is 0 Å². The molecule has 10 rings (SSSR count). The van der Waals surface area contributed by atoms with E-state index in [1.165, 1.54) is 17.7 Å². The van der Waals surface area contributed by atoms with Crippen molar-refractivity contribution in [1.82, 2.24) is 0 Å². The van der Waals surface area contributed by atoms with Crippen LogP contribution >= 0.6 is 15.9 Å². The summed E-state index contributed by atoms with van der Waals surface area (Å²) in [5, 5.41) is 19.4. The summed E-state index contributed by atoms with van der Waals surface area (Å²) in [6, 6.07) is 48.2. The summed E-state index contributed by atoms with van der Waals surface area (Å²) >= 11 is 2.94. The normalized spacial score (nSPS) is 13.7. The molecular formula is C54H52BBrF2O8. The number of ether oxygens (including phenoxy) is 4. The van der Waals surface area contributed by atoms with Crippen LogP contribution in [0.1, 0.15) is 54.6 Å². The van der Waals surface area contributed by atoms with Crippen molar-refractivity contribution in [2.24, 2.45) is 0 Å². The molecular weight excluding hydrogens is 905 g/mol. The fraction of sp³-hybridized carbons (Fsp3) is 0.185. The van der Waals surface area contributed by atoms with E-state index in [4.69, 9.17) is 37.8 Å². The third kappa shape index (κ3) is 13.6. The van der Waals surface area contributed by atoms with Crippen LogP contribution in [0.3, 0.4) is 0 Å². The number of halogens is 3. The van der Waals surface area contributed by atoms with Gasteiger partial charge in [0.15, 0.2) is 12.6 Å². The van der Waals surface area contributed by atoms with Crippen LogP contribution in [0.15, 0.2) is 180 Å². The quantitative estimate of drug-likeness (QED) is 0.120. The second-order valence-corrected chi connectivity index (χ2v) is 15.0. The van der Waals surface area contributed by atoms with Gasteiger partial charge >= 0.3 is 7.12 Å². The Kier molecular flexibility index (Phi) is 18.8. The fourth-order valence-electron chi connectivity index (χ4n) is 6.87. The molecule has 2 aliphatic heterocycles. The number of hydrogen-bond donors (Lipinski definition) is 2. The first-order valence-corrected chi connectivity index (χ1v) is 23.0. The van der Waals surface area contributed by atoms with Gasteiger partial charge in [-0.15, -0.1) is 0 Å². The summed E-state index contributed by atoms with van der Waals surface area (Å²) in [6.45, 7) is 11.9. The highest BCUT2D eigenvalue weighted by atomic mass is 79.9. The monoisotopic (exact) mass is 956 g/mol. The lowest BCUT2D eigenvalue weighted by Gasteiger charge is -2.23. The number of fused-ring (bicyclic) bond motifs is 2. The first-order chi connectivity index (χ1) is 32.1. The number of furan rings is 2. The molecule has 2 fully saturated rings. The largest absolute Gasteiger partial charge is 0.488 e. The average Bonchev–Trinajstić information content (AvgIpc) is 4.01. The van der Waals surface area contributed by atoms with Gasteiger partial charge < -0.3 is 37.8 Å². The van der Waals surface area contributed by atoms with E-state index < -0.39 is 19.7 Å². The van der Waals surface area contributed by atoms with Crippen LogP contribution in [0.2, 0.25) is 0 Å². The Bertz CT molecular complexity index is 2560. The van der Waals surface area contributed by atoms with Gasteiger partial charge in [-0.1, -0.05) is 144 Å². The molecule has 0 saturated carbocycles. The van der Waals surface area contributed by atoms with Gasteiger partial charge in [0.05, 0.1) is 37.6 Å². The zero-order valence-corrected chi connectivity index (χ0v) is 38.5. The molecule has 2 N–H and O–H groups in total. The predicted molar refractivity (Wildman–Crippen MR) is 263 cm³/mol. The first kappa shape index (κ1) is 49.5. The SMILES string of the molecule is C=C(B(O)O)c1ccccc1.C=C(C)c1ccccc1.CBr.Fc1cc(C2OCCCO2)ccc1-c1cc2ccccc2o1.Fc1cc(C2OCCCO2)ccc1-c1cc2ccccc2o1. The molecule has 0 bridgehead atoms. The molecule has 340 valence electrons. The zero-order valence-electron chi connectivity index (χ0n) is 36.9. The average molecular weight is 958 g/mol. The minimum Gasteiger partial charge on any atom is -0.456 e. The fourth-order valence-corrected chi connectivity index (χ4v) is 6.87. The highest BCUT2D eigenvalue weighted by molar-refractivity contribution is 9.08. The third-order valence-corrected chi connectivity index (χ3v) is 10.3. The summed E-state index contributed by atoms with van der Waals surface area (Å²) in [5.74, 6) is 2.18. The predicted octanol–water partition coefficient (Wildman–Crippen LogP) is 13.8. The van der Waals surface area contributed by atoms with E-state index in [1.807, 2.05) is 122 Å². The first-order valence-electron chi connectivity index (χ1n) is 21.4. The number of para-hydroxylation sites is 2. The number of rotatable bonds is 7. The third-order valence-electron chi connectivity index (χ3n) is 10.3.